The van der Waals surface area contributed by atoms with Crippen LogP contribution in [0, 0.1) is 17.8 Å². The van der Waals surface area contributed by atoms with Crippen molar-refractivity contribution in [2.45, 2.75) is 58.9 Å². The van der Waals surface area contributed by atoms with E-state index in [4.69, 9.17) is 5.73 Å². The summed E-state index contributed by atoms with van der Waals surface area (Å²) in [4.78, 5) is 12.2. The zero-order chi connectivity index (χ0) is 13.1. The van der Waals surface area contributed by atoms with Gasteiger partial charge in [-0.15, -0.1) is 0 Å². The van der Waals surface area contributed by atoms with Gasteiger partial charge in [0, 0.05) is 12.5 Å². The fraction of sp³-hybridized carbons (Fsp3) is 0.929. The summed E-state index contributed by atoms with van der Waals surface area (Å²) >= 11 is 0. The Labute approximate surface area is 106 Å². The highest BCUT2D eigenvalue weighted by atomic mass is 16.2. The van der Waals surface area contributed by atoms with Crippen LogP contribution in [-0.2, 0) is 4.79 Å². The topological polar surface area (TPSA) is 55.1 Å². The van der Waals surface area contributed by atoms with Gasteiger partial charge in [0.05, 0.1) is 5.54 Å². The predicted molar refractivity (Wildman–Crippen MR) is 71.6 cm³/mol. The molecular weight excluding hydrogens is 212 g/mol. The van der Waals surface area contributed by atoms with Crippen molar-refractivity contribution in [2.24, 2.45) is 23.5 Å². The highest BCUT2D eigenvalue weighted by molar-refractivity contribution is 5.79. The molecule has 0 heterocycles. The molecule has 100 valence electrons. The van der Waals surface area contributed by atoms with Gasteiger partial charge in [-0.2, -0.15) is 0 Å². The fourth-order valence-corrected chi connectivity index (χ4v) is 2.34. The maximum absolute atomic E-state index is 12.2. The van der Waals surface area contributed by atoms with E-state index in [0.717, 1.165) is 18.8 Å². The summed E-state index contributed by atoms with van der Waals surface area (Å²) in [6.45, 7) is 9.03. The molecule has 1 aliphatic carbocycles. The third-order valence-corrected chi connectivity index (χ3v) is 4.49. The largest absolute Gasteiger partial charge is 0.349 e. The second kappa shape index (κ2) is 5.85. The lowest BCUT2D eigenvalue weighted by molar-refractivity contribution is -0.128. The van der Waals surface area contributed by atoms with Crippen LogP contribution < -0.4 is 11.1 Å². The molecule has 3 nitrogen and oxygen atoms in total. The minimum atomic E-state index is -0.264. The molecule has 1 saturated carbocycles. The van der Waals surface area contributed by atoms with Gasteiger partial charge >= 0.3 is 0 Å². The molecule has 1 amide bonds. The first kappa shape index (κ1) is 14.5. The normalized spacial score (nSPS) is 28.8. The van der Waals surface area contributed by atoms with Gasteiger partial charge in [-0.3, -0.25) is 4.79 Å². The lowest BCUT2D eigenvalue weighted by atomic mass is 9.81. The van der Waals surface area contributed by atoms with E-state index in [9.17, 15) is 4.79 Å². The van der Waals surface area contributed by atoms with Crippen LogP contribution in [0.4, 0.5) is 0 Å². The third kappa shape index (κ3) is 3.70. The van der Waals surface area contributed by atoms with Crippen molar-refractivity contribution in [1.29, 1.82) is 0 Å². The van der Waals surface area contributed by atoms with Gasteiger partial charge < -0.3 is 11.1 Å². The summed E-state index contributed by atoms with van der Waals surface area (Å²) in [7, 11) is 0. The third-order valence-electron chi connectivity index (χ3n) is 4.49. The van der Waals surface area contributed by atoms with E-state index in [1.54, 1.807) is 0 Å². The number of nitrogens with one attached hydrogen (secondary N) is 1. The van der Waals surface area contributed by atoms with Crippen LogP contribution in [0.15, 0.2) is 0 Å². The van der Waals surface area contributed by atoms with Crippen molar-refractivity contribution in [3.8, 4) is 0 Å². The van der Waals surface area contributed by atoms with Crippen LogP contribution in [0.1, 0.15) is 53.4 Å². The first-order chi connectivity index (χ1) is 7.89. The van der Waals surface area contributed by atoms with Gasteiger partial charge in [-0.1, -0.05) is 20.8 Å². The standard InChI is InChI=1S/C14H28N2O/c1-10(2)14(4,9-15)16-13(17)12-7-5-11(3)6-8-12/h10-12H,5-9,15H2,1-4H3,(H,16,17). The zero-order valence-corrected chi connectivity index (χ0v) is 11.8. The first-order valence-electron chi connectivity index (χ1n) is 6.91. The Bertz CT molecular complexity index is 257. The molecule has 1 unspecified atom stereocenters. The van der Waals surface area contributed by atoms with Gasteiger partial charge in [-0.05, 0) is 44.4 Å². The van der Waals surface area contributed by atoms with Crippen molar-refractivity contribution in [3.63, 3.8) is 0 Å². The molecule has 0 radical (unpaired) electrons. The number of rotatable bonds is 4. The molecule has 1 fully saturated rings. The van der Waals surface area contributed by atoms with E-state index in [-0.39, 0.29) is 17.4 Å². The Morgan fingerprint density at radius 3 is 2.29 bits per heavy atom. The van der Waals surface area contributed by atoms with E-state index in [0.29, 0.717) is 12.5 Å². The van der Waals surface area contributed by atoms with E-state index >= 15 is 0 Å². The van der Waals surface area contributed by atoms with Crippen LogP contribution in [0.2, 0.25) is 0 Å². The quantitative estimate of drug-likeness (QED) is 0.792. The molecule has 0 bridgehead atoms. The minimum absolute atomic E-state index is 0.204. The number of hydrogen-bond acceptors (Lipinski definition) is 2. The minimum Gasteiger partial charge on any atom is -0.349 e. The first-order valence-corrected chi connectivity index (χ1v) is 6.91. The summed E-state index contributed by atoms with van der Waals surface area (Å²) < 4.78 is 0. The molecule has 1 atom stereocenters. The molecule has 17 heavy (non-hydrogen) atoms. The Morgan fingerprint density at radius 1 is 1.35 bits per heavy atom. The molecule has 1 aliphatic rings. The number of nitrogens with two attached hydrogens (primary N) is 1. The number of amides is 1. The van der Waals surface area contributed by atoms with E-state index in [1.807, 2.05) is 6.92 Å². The van der Waals surface area contributed by atoms with Gasteiger partial charge in [0.2, 0.25) is 5.91 Å². The number of hydrogen-bond donors (Lipinski definition) is 2. The number of carbonyl (C=O) groups is 1. The lowest BCUT2D eigenvalue weighted by Crippen LogP contribution is -2.56. The molecule has 1 rings (SSSR count). The molecule has 0 aliphatic heterocycles. The predicted octanol–water partition coefficient (Wildman–Crippen LogP) is 2.30. The molecule has 0 spiro atoms. The van der Waals surface area contributed by atoms with Gasteiger partial charge in [0.25, 0.3) is 0 Å². The summed E-state index contributed by atoms with van der Waals surface area (Å²) in [6.07, 6.45) is 4.43. The van der Waals surface area contributed by atoms with Gasteiger partial charge in [-0.25, -0.2) is 0 Å². The van der Waals surface area contributed by atoms with Gasteiger partial charge in [0.1, 0.15) is 0 Å². The molecule has 0 saturated heterocycles. The highest BCUT2D eigenvalue weighted by Gasteiger charge is 2.32. The summed E-state index contributed by atoms with van der Waals surface area (Å²) in [6, 6.07) is 0. The van der Waals surface area contributed by atoms with Crippen LogP contribution in [0.3, 0.4) is 0 Å². The number of carbonyl (C=O) groups excluding carboxylic acids is 1. The zero-order valence-electron chi connectivity index (χ0n) is 11.8. The monoisotopic (exact) mass is 240 g/mol. The van der Waals surface area contributed by atoms with Crippen molar-refractivity contribution in [2.75, 3.05) is 6.54 Å². The molecule has 0 aromatic heterocycles. The van der Waals surface area contributed by atoms with Crippen LogP contribution in [0.5, 0.6) is 0 Å². The van der Waals surface area contributed by atoms with Gasteiger partial charge in [0.15, 0.2) is 0 Å². The second-order valence-electron chi connectivity index (χ2n) is 6.22. The van der Waals surface area contributed by atoms with E-state index < -0.39 is 0 Å². The lowest BCUT2D eigenvalue weighted by Gasteiger charge is -2.36. The molecule has 0 aromatic rings. The fourth-order valence-electron chi connectivity index (χ4n) is 2.34. The van der Waals surface area contributed by atoms with Crippen molar-refractivity contribution < 1.29 is 4.79 Å². The molecule has 3 N–H and O–H groups in total. The summed E-state index contributed by atoms with van der Waals surface area (Å²) in [5.41, 5.74) is 5.53. The Hall–Kier alpha value is -0.570. The molecule has 0 aromatic carbocycles. The summed E-state index contributed by atoms with van der Waals surface area (Å²) in [5.74, 6) is 1.55. The average molecular weight is 240 g/mol. The van der Waals surface area contributed by atoms with E-state index in [2.05, 4.69) is 26.1 Å². The smallest absolute Gasteiger partial charge is 0.223 e. The van der Waals surface area contributed by atoms with Crippen molar-refractivity contribution in [3.05, 3.63) is 0 Å². The Morgan fingerprint density at radius 2 is 1.88 bits per heavy atom. The van der Waals surface area contributed by atoms with Crippen LogP contribution in [0.25, 0.3) is 0 Å². The van der Waals surface area contributed by atoms with Crippen LogP contribution >= 0.6 is 0 Å². The van der Waals surface area contributed by atoms with Crippen molar-refractivity contribution in [1.82, 2.24) is 5.32 Å². The highest BCUT2D eigenvalue weighted by Crippen LogP contribution is 2.29. The summed E-state index contributed by atoms with van der Waals surface area (Å²) in [5, 5.41) is 3.16. The Balaban J connectivity index is 2.53. The van der Waals surface area contributed by atoms with E-state index in [1.165, 1.54) is 12.8 Å². The molecular formula is C14H28N2O. The van der Waals surface area contributed by atoms with Crippen LogP contribution in [-0.4, -0.2) is 18.0 Å². The van der Waals surface area contributed by atoms with Crippen molar-refractivity contribution >= 4 is 5.91 Å². The second-order valence-corrected chi connectivity index (χ2v) is 6.22. The Kier molecular flexibility index (Phi) is 4.99. The maximum Gasteiger partial charge on any atom is 0.223 e. The average Bonchev–Trinajstić information content (AvgIpc) is 2.29. The maximum atomic E-state index is 12.2. The molecule has 3 heteroatoms. The SMILES string of the molecule is CC1CCC(C(=O)NC(C)(CN)C(C)C)CC1.